The van der Waals surface area contributed by atoms with Gasteiger partial charge in [0.2, 0.25) is 0 Å². The molecule has 0 N–H and O–H groups in total. The summed E-state index contributed by atoms with van der Waals surface area (Å²) in [5.41, 5.74) is 0. The molecule has 1 unspecified atom stereocenters. The zero-order chi connectivity index (χ0) is 48.6. The molecule has 0 amide bonds. The molecular weight excluding hydrogens is 829 g/mol. The quantitative estimate of drug-likeness (QED) is 0.0199. The maximum atomic E-state index is 12.8. The van der Waals surface area contributed by atoms with Crippen molar-refractivity contribution in [3.05, 3.63) is 146 Å². The Morgan fingerprint density at radius 2 is 0.612 bits per heavy atom. The average molecular weight is 923 g/mol. The molecule has 1 atom stereocenters. The number of rotatable bonds is 45. The molecule has 0 heterocycles. The van der Waals surface area contributed by atoms with Crippen molar-refractivity contribution in [1.29, 1.82) is 0 Å². The Morgan fingerprint density at radius 3 is 1.03 bits per heavy atom. The van der Waals surface area contributed by atoms with Crippen molar-refractivity contribution in [2.24, 2.45) is 0 Å². The average Bonchev–Trinajstić information content (AvgIpc) is 3.33. The van der Waals surface area contributed by atoms with E-state index < -0.39 is 6.10 Å². The summed E-state index contributed by atoms with van der Waals surface area (Å²) in [7, 11) is 0. The molecule has 6 heteroatoms. The van der Waals surface area contributed by atoms with Crippen LogP contribution in [0, 0.1) is 0 Å². The molecule has 0 radical (unpaired) electrons. The van der Waals surface area contributed by atoms with Gasteiger partial charge in [0, 0.05) is 19.3 Å². The van der Waals surface area contributed by atoms with Crippen molar-refractivity contribution >= 4 is 17.9 Å². The molecule has 0 aliphatic heterocycles. The number of ether oxygens (including phenoxy) is 3. The van der Waals surface area contributed by atoms with Crippen LogP contribution >= 0.6 is 0 Å². The van der Waals surface area contributed by atoms with E-state index in [4.69, 9.17) is 14.2 Å². The molecule has 0 aromatic heterocycles. The van der Waals surface area contributed by atoms with E-state index in [0.29, 0.717) is 19.3 Å². The Bertz CT molecular complexity index is 1530. The number of hydrogen-bond acceptors (Lipinski definition) is 6. The van der Waals surface area contributed by atoms with Crippen molar-refractivity contribution in [2.45, 2.75) is 207 Å². The van der Waals surface area contributed by atoms with Crippen LogP contribution in [0.5, 0.6) is 0 Å². The lowest BCUT2D eigenvalue weighted by Gasteiger charge is -2.18. The number of unbranched alkanes of at least 4 members (excludes halogenated alkanes) is 17. The van der Waals surface area contributed by atoms with Gasteiger partial charge in [0.1, 0.15) is 13.2 Å². The lowest BCUT2D eigenvalue weighted by atomic mass is 10.1. The van der Waals surface area contributed by atoms with Gasteiger partial charge in [-0.2, -0.15) is 0 Å². The van der Waals surface area contributed by atoms with Gasteiger partial charge in [0.05, 0.1) is 0 Å². The zero-order valence-electron chi connectivity index (χ0n) is 42.6. The third-order valence-corrected chi connectivity index (χ3v) is 10.5. The summed E-state index contributed by atoms with van der Waals surface area (Å²) < 4.78 is 16.8. The van der Waals surface area contributed by atoms with Crippen LogP contribution in [0.3, 0.4) is 0 Å². The number of allylic oxidation sites excluding steroid dienone is 24. The maximum absolute atomic E-state index is 12.8. The van der Waals surface area contributed by atoms with Crippen LogP contribution in [-0.4, -0.2) is 37.2 Å². The first-order valence-corrected chi connectivity index (χ1v) is 26.5. The van der Waals surface area contributed by atoms with Gasteiger partial charge in [0.15, 0.2) is 6.10 Å². The summed E-state index contributed by atoms with van der Waals surface area (Å²) in [4.78, 5) is 38.1. The number of carbonyl (C=O) groups is 3. The fraction of sp³-hybridized carbons (Fsp3) is 0.557. The first-order valence-electron chi connectivity index (χ1n) is 26.5. The summed E-state index contributed by atoms with van der Waals surface area (Å²) in [6.45, 7) is 6.17. The Morgan fingerprint density at radius 1 is 0.313 bits per heavy atom. The molecule has 374 valence electrons. The van der Waals surface area contributed by atoms with Crippen molar-refractivity contribution in [2.75, 3.05) is 13.2 Å². The molecule has 0 aliphatic rings. The summed E-state index contributed by atoms with van der Waals surface area (Å²) >= 11 is 0. The maximum Gasteiger partial charge on any atom is 0.306 e. The minimum Gasteiger partial charge on any atom is -0.462 e. The Kier molecular flexibility index (Phi) is 50.1. The summed E-state index contributed by atoms with van der Waals surface area (Å²) in [6.07, 6.45) is 76.8. The highest BCUT2D eigenvalue weighted by Gasteiger charge is 2.19. The third kappa shape index (κ3) is 52.1. The second-order valence-electron chi connectivity index (χ2n) is 16.9. The molecule has 0 spiro atoms. The smallest absolute Gasteiger partial charge is 0.306 e. The van der Waals surface area contributed by atoms with Crippen LogP contribution in [-0.2, 0) is 28.6 Å². The van der Waals surface area contributed by atoms with Gasteiger partial charge in [0.25, 0.3) is 0 Å². The van der Waals surface area contributed by atoms with E-state index in [1.807, 2.05) is 66.8 Å². The summed E-state index contributed by atoms with van der Waals surface area (Å²) in [5, 5.41) is 0. The first kappa shape index (κ1) is 62.3. The predicted molar refractivity (Wildman–Crippen MR) is 288 cm³/mol. The number of hydrogen-bond donors (Lipinski definition) is 0. The van der Waals surface area contributed by atoms with Crippen LogP contribution in [0.2, 0.25) is 0 Å². The van der Waals surface area contributed by atoms with E-state index in [9.17, 15) is 14.4 Å². The van der Waals surface area contributed by atoms with Crippen molar-refractivity contribution in [3.8, 4) is 0 Å². The van der Waals surface area contributed by atoms with Crippen molar-refractivity contribution in [1.82, 2.24) is 0 Å². The van der Waals surface area contributed by atoms with Gasteiger partial charge in [-0.25, -0.2) is 0 Å². The Labute approximate surface area is 410 Å². The van der Waals surface area contributed by atoms with Crippen molar-refractivity contribution < 1.29 is 28.6 Å². The van der Waals surface area contributed by atoms with Crippen LogP contribution in [0.25, 0.3) is 0 Å². The highest BCUT2D eigenvalue weighted by Crippen LogP contribution is 2.14. The van der Waals surface area contributed by atoms with Crippen LogP contribution < -0.4 is 0 Å². The molecule has 0 aliphatic carbocycles. The van der Waals surface area contributed by atoms with E-state index in [2.05, 4.69) is 99.8 Å². The summed E-state index contributed by atoms with van der Waals surface area (Å²) in [6, 6.07) is 0. The van der Waals surface area contributed by atoms with E-state index in [1.165, 1.54) is 38.5 Å². The number of esters is 3. The molecule has 0 saturated heterocycles. The normalized spacial score (nSPS) is 13.3. The van der Waals surface area contributed by atoms with E-state index in [-0.39, 0.29) is 37.5 Å². The van der Waals surface area contributed by atoms with E-state index >= 15 is 0 Å². The topological polar surface area (TPSA) is 78.9 Å². The SMILES string of the molecule is CC/C=C/C=C/C=C/C=C/C=C/C=C/CCCCCC(=O)OC(COC(=O)CCCCCCC/C=C/C=C/C=C/CC)COC(=O)CCCCCCCCCCC/C=C/C/C=C/C/C=C/CC. The molecular formula is C61H94O6. The zero-order valence-corrected chi connectivity index (χ0v) is 42.6. The van der Waals surface area contributed by atoms with Gasteiger partial charge in [-0.1, -0.05) is 237 Å². The minimum atomic E-state index is -0.819. The molecule has 0 aromatic rings. The molecule has 6 nitrogen and oxygen atoms in total. The van der Waals surface area contributed by atoms with Crippen LogP contribution in [0.15, 0.2) is 146 Å². The van der Waals surface area contributed by atoms with Gasteiger partial charge >= 0.3 is 17.9 Å². The lowest BCUT2D eigenvalue weighted by Crippen LogP contribution is -2.30. The van der Waals surface area contributed by atoms with Crippen LogP contribution in [0.4, 0.5) is 0 Å². The fourth-order valence-electron chi connectivity index (χ4n) is 6.66. The first-order chi connectivity index (χ1) is 33.0. The largest absolute Gasteiger partial charge is 0.462 e. The molecule has 0 fully saturated rings. The van der Waals surface area contributed by atoms with Crippen molar-refractivity contribution in [3.63, 3.8) is 0 Å². The second kappa shape index (κ2) is 53.9. The molecule has 0 aromatic carbocycles. The van der Waals surface area contributed by atoms with Gasteiger partial charge in [-0.3, -0.25) is 14.4 Å². The Balaban J connectivity index is 4.52. The second-order valence-corrected chi connectivity index (χ2v) is 16.9. The highest BCUT2D eigenvalue weighted by molar-refractivity contribution is 5.71. The van der Waals surface area contributed by atoms with Gasteiger partial charge in [-0.15, -0.1) is 0 Å². The number of carbonyl (C=O) groups excluding carboxylic acids is 3. The van der Waals surface area contributed by atoms with Gasteiger partial charge < -0.3 is 14.2 Å². The monoisotopic (exact) mass is 923 g/mol. The van der Waals surface area contributed by atoms with E-state index in [1.54, 1.807) is 0 Å². The summed E-state index contributed by atoms with van der Waals surface area (Å²) in [5.74, 6) is -0.993. The molecule has 0 rings (SSSR count). The standard InChI is InChI=1S/C61H94O6/c1-4-7-10-13-16-19-22-25-27-29-30-32-33-36-39-42-45-48-51-54-60(63)66-57-58(56-65-59(62)53-50-47-44-41-38-35-24-21-18-15-12-9-6-3)67-61(64)55-52-49-46-43-40-37-34-31-28-26-23-20-17-14-11-8-5-2/h7-12,14-21,23-28,31,34,37,40,58H,4-6,13,22,29-30,32-33,35-36,38-39,41-57H2,1-3H3/b10-7+,11-8+,12-9+,17-14+,18-15+,19-16+,23-20+,24-21+,27-25+,28-26+,34-31+,40-37+. The Hall–Kier alpha value is -4.71. The van der Waals surface area contributed by atoms with Crippen LogP contribution in [0.1, 0.15) is 201 Å². The molecule has 0 bridgehead atoms. The minimum absolute atomic E-state index is 0.112. The fourth-order valence-corrected chi connectivity index (χ4v) is 6.66. The molecule has 67 heavy (non-hydrogen) atoms. The van der Waals surface area contributed by atoms with E-state index in [0.717, 1.165) is 116 Å². The predicted octanol–water partition coefficient (Wildman–Crippen LogP) is 17.6. The molecule has 0 saturated carbocycles. The van der Waals surface area contributed by atoms with Gasteiger partial charge in [-0.05, 0) is 89.9 Å². The third-order valence-electron chi connectivity index (χ3n) is 10.5. The lowest BCUT2D eigenvalue weighted by molar-refractivity contribution is -0.167. The highest BCUT2D eigenvalue weighted by atomic mass is 16.6.